The van der Waals surface area contributed by atoms with Gasteiger partial charge in [0.2, 0.25) is 10.0 Å². The lowest BCUT2D eigenvalue weighted by Crippen LogP contribution is -2.50. The van der Waals surface area contributed by atoms with Gasteiger partial charge in [0, 0.05) is 43.8 Å². The highest BCUT2D eigenvalue weighted by molar-refractivity contribution is 7.89. The molecule has 1 N–H and O–H groups in total. The maximum atomic E-state index is 13.5. The molecule has 0 bridgehead atoms. The van der Waals surface area contributed by atoms with E-state index < -0.39 is 22.2 Å². The summed E-state index contributed by atoms with van der Waals surface area (Å²) in [5.74, 6) is 5.53. The fraction of sp³-hybridized carbons (Fsp3) is 0.423. The topological polar surface area (TPSA) is 96.4 Å². The number of amides is 1. The summed E-state index contributed by atoms with van der Waals surface area (Å²) >= 11 is 0. The van der Waals surface area contributed by atoms with Crippen molar-refractivity contribution >= 4 is 15.9 Å². The molecule has 0 unspecified atom stereocenters. The Bertz CT molecular complexity index is 1190. The van der Waals surface area contributed by atoms with Gasteiger partial charge in [-0.1, -0.05) is 37.0 Å². The molecule has 1 aliphatic rings. The van der Waals surface area contributed by atoms with Crippen molar-refractivity contribution in [1.82, 2.24) is 9.21 Å². The van der Waals surface area contributed by atoms with E-state index in [-0.39, 0.29) is 48.8 Å². The van der Waals surface area contributed by atoms with Gasteiger partial charge in [-0.3, -0.25) is 4.79 Å². The molecule has 188 valence electrons. The Morgan fingerprint density at radius 1 is 1.29 bits per heavy atom. The smallest absolute Gasteiger partial charge is 0.253 e. The Balaban J connectivity index is 2.01. The number of carbonyl (C=O) groups excluding carboxylic acids is 1. The second-order valence-corrected chi connectivity index (χ2v) is 10.5. The minimum Gasteiger partial charge on any atom is -0.487 e. The van der Waals surface area contributed by atoms with E-state index in [1.54, 1.807) is 62.4 Å². The highest BCUT2D eigenvalue weighted by Gasteiger charge is 2.38. The molecule has 0 spiro atoms. The molecule has 1 amide bonds. The fourth-order valence-corrected chi connectivity index (χ4v) is 5.71. The van der Waals surface area contributed by atoms with Crippen molar-refractivity contribution in [3.63, 3.8) is 0 Å². The molecule has 0 aromatic heterocycles. The lowest BCUT2D eigenvalue weighted by molar-refractivity contribution is 0.0563. The van der Waals surface area contributed by atoms with Gasteiger partial charge < -0.3 is 19.5 Å². The molecule has 35 heavy (non-hydrogen) atoms. The van der Waals surface area contributed by atoms with Crippen LogP contribution in [0.1, 0.15) is 29.8 Å². The van der Waals surface area contributed by atoms with E-state index in [2.05, 4.69) is 11.8 Å². The molecule has 0 fully saturated rings. The van der Waals surface area contributed by atoms with Crippen LogP contribution in [0.3, 0.4) is 0 Å². The number of carbonyl (C=O) groups is 1. The molecule has 3 rings (SSSR count). The molecule has 1 aliphatic heterocycles. The molecule has 1 heterocycles. The Labute approximate surface area is 207 Å². The van der Waals surface area contributed by atoms with Crippen LogP contribution in [0.5, 0.6) is 5.75 Å². The molecule has 0 saturated carbocycles. The maximum Gasteiger partial charge on any atom is 0.253 e. The molecular formula is C26H32N2O6S. The highest BCUT2D eigenvalue weighted by atomic mass is 32.2. The van der Waals surface area contributed by atoms with Crippen LogP contribution in [0.15, 0.2) is 53.4 Å². The quantitative estimate of drug-likeness (QED) is 0.611. The van der Waals surface area contributed by atoms with E-state index in [0.29, 0.717) is 11.1 Å². The number of methoxy groups -OCH3 is 1. The number of ether oxygens (including phenoxy) is 2. The number of fused-ring (bicyclic) bond motifs is 1. The average molecular weight is 501 g/mol. The van der Waals surface area contributed by atoms with Crippen LogP contribution in [0.2, 0.25) is 0 Å². The van der Waals surface area contributed by atoms with Crippen LogP contribution >= 0.6 is 0 Å². The van der Waals surface area contributed by atoms with Crippen LogP contribution in [0.4, 0.5) is 0 Å². The number of likely N-dealkylation sites (N-methyl/N-ethyl adjacent to an activating group) is 1. The third kappa shape index (κ3) is 6.21. The minimum atomic E-state index is -3.95. The second kappa shape index (κ2) is 11.7. The number of nitrogens with zero attached hydrogens (tertiary/aromatic N) is 2. The van der Waals surface area contributed by atoms with E-state index in [1.807, 2.05) is 13.0 Å². The van der Waals surface area contributed by atoms with Crippen LogP contribution < -0.4 is 4.74 Å². The van der Waals surface area contributed by atoms with Gasteiger partial charge in [-0.2, -0.15) is 4.31 Å². The van der Waals surface area contributed by atoms with Crippen molar-refractivity contribution in [2.75, 3.05) is 40.5 Å². The van der Waals surface area contributed by atoms with E-state index >= 15 is 0 Å². The molecule has 2 aromatic rings. The largest absolute Gasteiger partial charge is 0.487 e. The fourth-order valence-electron chi connectivity index (χ4n) is 3.89. The average Bonchev–Trinajstić information content (AvgIpc) is 2.85. The lowest BCUT2D eigenvalue weighted by Gasteiger charge is -2.37. The Kier molecular flexibility index (Phi) is 8.92. The lowest BCUT2D eigenvalue weighted by atomic mass is 10.0. The van der Waals surface area contributed by atoms with Crippen molar-refractivity contribution in [3.8, 4) is 17.6 Å². The molecular weight excluding hydrogens is 468 g/mol. The van der Waals surface area contributed by atoms with Gasteiger partial charge in [-0.15, -0.1) is 0 Å². The zero-order valence-electron chi connectivity index (χ0n) is 20.5. The third-order valence-corrected chi connectivity index (χ3v) is 7.96. The third-order valence-electron chi connectivity index (χ3n) is 5.94. The van der Waals surface area contributed by atoms with Gasteiger partial charge in [-0.05, 0) is 37.3 Å². The number of benzene rings is 2. The van der Waals surface area contributed by atoms with Crippen molar-refractivity contribution < 1.29 is 27.8 Å². The number of sulfonamides is 1. The number of aliphatic hydroxyl groups excluding tert-OH is 1. The molecule has 0 saturated heterocycles. The molecule has 8 nitrogen and oxygen atoms in total. The van der Waals surface area contributed by atoms with Crippen molar-refractivity contribution in [3.05, 3.63) is 59.7 Å². The maximum absolute atomic E-state index is 13.5. The first kappa shape index (κ1) is 26.7. The van der Waals surface area contributed by atoms with E-state index in [9.17, 15) is 18.3 Å². The first-order valence-corrected chi connectivity index (χ1v) is 12.8. The van der Waals surface area contributed by atoms with Crippen LogP contribution in [0, 0.1) is 17.8 Å². The van der Waals surface area contributed by atoms with Crippen molar-refractivity contribution in [2.45, 2.75) is 30.9 Å². The second-order valence-electron chi connectivity index (χ2n) is 8.69. The molecule has 0 radical (unpaired) electrons. The van der Waals surface area contributed by atoms with E-state index in [4.69, 9.17) is 9.47 Å². The molecule has 2 aromatic carbocycles. The summed E-state index contributed by atoms with van der Waals surface area (Å²) in [6.07, 6.45) is -0.502. The zero-order chi connectivity index (χ0) is 25.6. The number of hydrogen-bond donors (Lipinski definition) is 1. The van der Waals surface area contributed by atoms with Crippen LogP contribution in [-0.2, 0) is 14.8 Å². The monoisotopic (exact) mass is 500 g/mol. The van der Waals surface area contributed by atoms with E-state index in [0.717, 1.165) is 0 Å². The Morgan fingerprint density at radius 3 is 2.66 bits per heavy atom. The van der Waals surface area contributed by atoms with Crippen LogP contribution in [-0.4, -0.2) is 81.2 Å². The standard InChI is InChI=1S/C26H32N2O6S/c1-19-16-28(20(2)18-29)35(31,32)25-13-12-21(9-8-14-33-4)15-23(25)34-24(19)17-27(3)26(30)22-10-6-5-7-11-22/h5-7,10-13,15,19-20,24,29H,14,16-18H2,1-4H3/t19-,20-,24-/m1/s1. The summed E-state index contributed by atoms with van der Waals surface area (Å²) < 4.78 is 39.6. The summed E-state index contributed by atoms with van der Waals surface area (Å²) in [5.41, 5.74) is 1.14. The first-order valence-electron chi connectivity index (χ1n) is 11.4. The summed E-state index contributed by atoms with van der Waals surface area (Å²) in [6.45, 7) is 3.85. The summed E-state index contributed by atoms with van der Waals surface area (Å²) in [6, 6.07) is 13.0. The summed E-state index contributed by atoms with van der Waals surface area (Å²) in [5, 5.41) is 9.77. The summed E-state index contributed by atoms with van der Waals surface area (Å²) in [4.78, 5) is 14.5. The molecule has 3 atom stereocenters. The van der Waals surface area contributed by atoms with Gasteiger partial charge in [0.25, 0.3) is 5.91 Å². The highest BCUT2D eigenvalue weighted by Crippen LogP contribution is 2.34. The number of hydrogen-bond acceptors (Lipinski definition) is 6. The van der Waals surface area contributed by atoms with Gasteiger partial charge >= 0.3 is 0 Å². The van der Waals surface area contributed by atoms with Crippen molar-refractivity contribution in [1.29, 1.82) is 0 Å². The summed E-state index contributed by atoms with van der Waals surface area (Å²) in [7, 11) is -0.705. The number of aliphatic hydroxyl groups is 1. The normalized spacial score (nSPS) is 20.3. The van der Waals surface area contributed by atoms with Gasteiger partial charge in [0.1, 0.15) is 23.4 Å². The predicted octanol–water partition coefficient (Wildman–Crippen LogP) is 2.23. The molecule has 0 aliphatic carbocycles. The number of rotatable bonds is 6. The zero-order valence-corrected chi connectivity index (χ0v) is 21.3. The Hall–Kier alpha value is -2.90. The Morgan fingerprint density at radius 2 is 2.00 bits per heavy atom. The molecule has 9 heteroatoms. The SMILES string of the molecule is COCC#Cc1ccc2c(c1)O[C@H](CN(C)C(=O)c1ccccc1)[C@H](C)CN([C@H](C)CO)S2(=O)=O. The predicted molar refractivity (Wildman–Crippen MR) is 133 cm³/mol. The van der Waals surface area contributed by atoms with Gasteiger partial charge in [0.15, 0.2) is 0 Å². The van der Waals surface area contributed by atoms with Crippen LogP contribution in [0.25, 0.3) is 0 Å². The minimum absolute atomic E-state index is 0.00373. The van der Waals surface area contributed by atoms with Gasteiger partial charge in [-0.25, -0.2) is 8.42 Å². The van der Waals surface area contributed by atoms with E-state index in [1.165, 1.54) is 10.4 Å². The van der Waals surface area contributed by atoms with Gasteiger partial charge in [0.05, 0.1) is 13.2 Å². The first-order chi connectivity index (χ1) is 16.7. The van der Waals surface area contributed by atoms with Crippen molar-refractivity contribution in [2.24, 2.45) is 5.92 Å².